The predicted octanol–water partition coefficient (Wildman–Crippen LogP) is 2.15. The second-order valence-corrected chi connectivity index (χ2v) is 5.84. The number of nitrogens with zero attached hydrogens (tertiary/aromatic N) is 3. The molecule has 1 saturated carbocycles. The van der Waals surface area contributed by atoms with Crippen LogP contribution in [-0.2, 0) is 6.54 Å². The first-order valence-electron chi connectivity index (χ1n) is 7.12. The summed E-state index contributed by atoms with van der Waals surface area (Å²) in [5.74, 6) is 2.50. The zero-order valence-electron chi connectivity index (χ0n) is 11.3. The molecule has 2 N–H and O–H groups in total. The number of hydrogen-bond donors (Lipinski definition) is 1. The molecule has 1 aliphatic heterocycles. The van der Waals surface area contributed by atoms with E-state index in [0.717, 1.165) is 17.7 Å². The molecule has 1 fully saturated rings. The Bertz CT molecular complexity index is 837. The van der Waals surface area contributed by atoms with Gasteiger partial charge in [-0.15, -0.1) is 0 Å². The van der Waals surface area contributed by atoms with Crippen molar-refractivity contribution in [2.75, 3.05) is 12.3 Å². The Hall–Kier alpha value is -2.50. The molecular formula is C15H14N4O2. The molecule has 0 amide bonds. The van der Waals surface area contributed by atoms with E-state index in [1.54, 1.807) is 6.20 Å². The Labute approximate surface area is 120 Å². The number of aromatic nitrogens is 3. The Morgan fingerprint density at radius 1 is 1.43 bits per heavy atom. The number of hydrogen-bond acceptors (Lipinski definition) is 5. The van der Waals surface area contributed by atoms with Crippen molar-refractivity contribution in [1.82, 2.24) is 14.9 Å². The fraction of sp³-hybridized carbons (Fsp3) is 0.333. The lowest BCUT2D eigenvalue weighted by atomic mass is 9.96. The highest BCUT2D eigenvalue weighted by atomic mass is 16.5. The van der Waals surface area contributed by atoms with Gasteiger partial charge in [0.05, 0.1) is 13.2 Å². The van der Waals surface area contributed by atoms with Crippen LogP contribution in [0.4, 0.5) is 5.82 Å². The Balaban J connectivity index is 1.75. The molecule has 0 saturated heterocycles. The molecule has 2 aliphatic rings. The predicted molar refractivity (Wildman–Crippen MR) is 76.1 cm³/mol. The van der Waals surface area contributed by atoms with Crippen LogP contribution in [0.3, 0.4) is 0 Å². The van der Waals surface area contributed by atoms with Gasteiger partial charge in [-0.05, 0) is 30.0 Å². The van der Waals surface area contributed by atoms with Crippen LogP contribution >= 0.6 is 0 Å². The molecule has 106 valence electrons. The highest BCUT2D eigenvalue weighted by Crippen LogP contribution is 2.57. The minimum atomic E-state index is 0.408. The van der Waals surface area contributed by atoms with E-state index in [4.69, 9.17) is 15.0 Å². The molecule has 0 spiro atoms. The van der Waals surface area contributed by atoms with Crippen LogP contribution in [0, 0.1) is 5.92 Å². The first kappa shape index (κ1) is 11.2. The molecule has 3 aromatic rings. The van der Waals surface area contributed by atoms with E-state index in [9.17, 15) is 0 Å². The summed E-state index contributed by atoms with van der Waals surface area (Å²) in [7, 11) is 0. The van der Waals surface area contributed by atoms with Gasteiger partial charge in [-0.1, -0.05) is 5.16 Å². The summed E-state index contributed by atoms with van der Waals surface area (Å²) >= 11 is 0. The number of rotatable bonds is 2. The third-order valence-corrected chi connectivity index (χ3v) is 4.49. The highest BCUT2D eigenvalue weighted by Gasteiger charge is 2.46. The minimum Gasteiger partial charge on any atom is -0.492 e. The molecule has 21 heavy (non-hydrogen) atoms. The van der Waals surface area contributed by atoms with Gasteiger partial charge in [0, 0.05) is 23.9 Å². The van der Waals surface area contributed by atoms with E-state index >= 15 is 0 Å². The molecule has 2 unspecified atom stereocenters. The van der Waals surface area contributed by atoms with Gasteiger partial charge in [0.2, 0.25) is 0 Å². The van der Waals surface area contributed by atoms with Gasteiger partial charge in [-0.25, -0.2) is 0 Å². The SMILES string of the molecule is Nc1noc2cc(Cn3cccn3)c3c(c12)OCC1CC31. The van der Waals surface area contributed by atoms with Gasteiger partial charge in [-0.3, -0.25) is 4.68 Å². The van der Waals surface area contributed by atoms with Gasteiger partial charge in [0.25, 0.3) is 0 Å². The van der Waals surface area contributed by atoms with Gasteiger partial charge in [0.1, 0.15) is 11.1 Å². The van der Waals surface area contributed by atoms with Crippen molar-refractivity contribution in [2.24, 2.45) is 5.92 Å². The molecule has 6 heteroatoms. The normalized spacial score (nSPS) is 22.7. The molecular weight excluding hydrogens is 268 g/mol. The average Bonchev–Trinajstić information content (AvgIpc) is 2.93. The smallest absolute Gasteiger partial charge is 0.178 e. The van der Waals surface area contributed by atoms with Gasteiger partial charge in [0.15, 0.2) is 11.4 Å². The van der Waals surface area contributed by atoms with Crippen LogP contribution in [0.5, 0.6) is 5.75 Å². The third-order valence-electron chi connectivity index (χ3n) is 4.49. The van der Waals surface area contributed by atoms with Crippen molar-refractivity contribution < 1.29 is 9.26 Å². The van der Waals surface area contributed by atoms with Crippen LogP contribution < -0.4 is 10.5 Å². The molecule has 0 radical (unpaired) electrons. The summed E-state index contributed by atoms with van der Waals surface area (Å²) in [6.07, 6.45) is 4.93. The monoisotopic (exact) mass is 282 g/mol. The first-order chi connectivity index (χ1) is 10.3. The van der Waals surface area contributed by atoms with Gasteiger partial charge < -0.3 is 15.0 Å². The van der Waals surface area contributed by atoms with E-state index in [1.165, 1.54) is 17.5 Å². The quantitative estimate of drug-likeness (QED) is 0.779. The standard InChI is InChI=1S/C15H14N4O2/c16-15-13-11(21-18-15)5-8(6-19-3-1-2-17-19)12-10-4-9(10)7-20-14(12)13/h1-3,5,9-10H,4,6-7H2,(H2,16,18). The number of ether oxygens (including phenoxy) is 1. The lowest BCUT2D eigenvalue weighted by Crippen LogP contribution is -2.13. The van der Waals surface area contributed by atoms with Crippen molar-refractivity contribution in [3.8, 4) is 5.75 Å². The Morgan fingerprint density at radius 3 is 3.24 bits per heavy atom. The van der Waals surface area contributed by atoms with E-state index in [2.05, 4.69) is 10.3 Å². The van der Waals surface area contributed by atoms with Crippen LogP contribution in [0.2, 0.25) is 0 Å². The molecule has 5 rings (SSSR count). The molecule has 1 aliphatic carbocycles. The minimum absolute atomic E-state index is 0.408. The molecule has 1 aromatic carbocycles. The van der Waals surface area contributed by atoms with Crippen molar-refractivity contribution in [1.29, 1.82) is 0 Å². The second-order valence-electron chi connectivity index (χ2n) is 5.84. The fourth-order valence-corrected chi connectivity index (χ4v) is 3.39. The van der Waals surface area contributed by atoms with E-state index < -0.39 is 0 Å². The summed E-state index contributed by atoms with van der Waals surface area (Å²) in [4.78, 5) is 0. The summed E-state index contributed by atoms with van der Waals surface area (Å²) in [5, 5.41) is 8.99. The topological polar surface area (TPSA) is 79.1 Å². The maximum atomic E-state index is 5.98. The second kappa shape index (κ2) is 3.78. The summed E-state index contributed by atoms with van der Waals surface area (Å²) in [6, 6.07) is 3.96. The number of fused-ring (bicyclic) bond motifs is 5. The molecule has 6 nitrogen and oxygen atoms in total. The van der Waals surface area contributed by atoms with Crippen LogP contribution in [0.25, 0.3) is 11.0 Å². The molecule has 2 aromatic heterocycles. The van der Waals surface area contributed by atoms with Crippen molar-refractivity contribution in [3.63, 3.8) is 0 Å². The zero-order valence-corrected chi connectivity index (χ0v) is 11.3. The van der Waals surface area contributed by atoms with Crippen molar-refractivity contribution >= 4 is 16.8 Å². The maximum Gasteiger partial charge on any atom is 0.178 e. The zero-order chi connectivity index (χ0) is 14.0. The average molecular weight is 282 g/mol. The highest BCUT2D eigenvalue weighted by molar-refractivity contribution is 5.95. The van der Waals surface area contributed by atoms with E-state index in [1.807, 2.05) is 23.0 Å². The number of nitrogen functional groups attached to an aromatic ring is 1. The van der Waals surface area contributed by atoms with Crippen LogP contribution in [-0.4, -0.2) is 21.5 Å². The molecule has 2 atom stereocenters. The summed E-state index contributed by atoms with van der Waals surface area (Å²) < 4.78 is 13.2. The lowest BCUT2D eigenvalue weighted by molar-refractivity contribution is 0.282. The fourth-order valence-electron chi connectivity index (χ4n) is 3.39. The lowest BCUT2D eigenvalue weighted by Gasteiger charge is -2.20. The van der Waals surface area contributed by atoms with Crippen LogP contribution in [0.1, 0.15) is 23.5 Å². The summed E-state index contributed by atoms with van der Waals surface area (Å²) in [5.41, 5.74) is 9.08. The Kier molecular flexibility index (Phi) is 2.01. The molecule has 0 bridgehead atoms. The number of benzene rings is 1. The van der Waals surface area contributed by atoms with Gasteiger partial charge >= 0.3 is 0 Å². The number of anilines is 1. The largest absolute Gasteiger partial charge is 0.492 e. The maximum absolute atomic E-state index is 5.98. The van der Waals surface area contributed by atoms with Gasteiger partial charge in [-0.2, -0.15) is 5.10 Å². The van der Waals surface area contributed by atoms with Crippen LogP contribution in [0.15, 0.2) is 29.0 Å². The third kappa shape index (κ3) is 1.53. The summed E-state index contributed by atoms with van der Waals surface area (Å²) in [6.45, 7) is 1.47. The first-order valence-corrected chi connectivity index (χ1v) is 7.12. The molecule has 3 heterocycles. The van der Waals surface area contributed by atoms with E-state index in [-0.39, 0.29) is 0 Å². The van der Waals surface area contributed by atoms with Crippen molar-refractivity contribution in [2.45, 2.75) is 18.9 Å². The van der Waals surface area contributed by atoms with Crippen molar-refractivity contribution in [3.05, 3.63) is 35.7 Å². The van der Waals surface area contributed by atoms with E-state index in [0.29, 0.717) is 29.8 Å². The Morgan fingerprint density at radius 2 is 2.38 bits per heavy atom. The number of nitrogens with two attached hydrogens (primary N) is 1.